The first-order valence-electron chi connectivity index (χ1n) is 6.22. The predicted octanol–water partition coefficient (Wildman–Crippen LogP) is 3.78. The zero-order chi connectivity index (χ0) is 13.5. The van der Waals surface area contributed by atoms with E-state index in [0.29, 0.717) is 18.2 Å². The zero-order valence-electron chi connectivity index (χ0n) is 11.5. The van der Waals surface area contributed by atoms with E-state index in [9.17, 15) is 4.79 Å². The molecule has 1 rings (SSSR count). The number of amides is 1. The summed E-state index contributed by atoms with van der Waals surface area (Å²) in [5.41, 5.74) is 2.22. The standard InChI is InChI=1S/C15H21NO2/c1-5-6-9-16-15(17)18-14-8-7-12(4)10-13(14)11(2)3/h5-8,10-11H,9H2,1-4H3,(H,16,17)/b6-5+. The van der Waals surface area contributed by atoms with Crippen molar-refractivity contribution in [2.75, 3.05) is 6.54 Å². The third kappa shape index (κ3) is 4.24. The summed E-state index contributed by atoms with van der Waals surface area (Å²) in [7, 11) is 0. The molecule has 0 bridgehead atoms. The van der Waals surface area contributed by atoms with Crippen molar-refractivity contribution in [1.29, 1.82) is 0 Å². The van der Waals surface area contributed by atoms with E-state index in [1.807, 2.05) is 38.1 Å². The first-order valence-corrected chi connectivity index (χ1v) is 6.22. The van der Waals surface area contributed by atoms with Crippen LogP contribution in [0.3, 0.4) is 0 Å². The third-order valence-corrected chi connectivity index (χ3v) is 2.59. The highest BCUT2D eigenvalue weighted by Crippen LogP contribution is 2.27. The molecule has 0 saturated heterocycles. The Kier molecular flexibility index (Phi) is 5.43. The summed E-state index contributed by atoms with van der Waals surface area (Å²) in [5.74, 6) is 0.955. The van der Waals surface area contributed by atoms with Crippen LogP contribution in [-0.4, -0.2) is 12.6 Å². The number of hydrogen-bond donors (Lipinski definition) is 1. The fraction of sp³-hybridized carbons (Fsp3) is 0.400. The van der Waals surface area contributed by atoms with Crippen molar-refractivity contribution in [3.63, 3.8) is 0 Å². The van der Waals surface area contributed by atoms with Gasteiger partial charge in [-0.1, -0.05) is 43.7 Å². The molecule has 0 fully saturated rings. The quantitative estimate of drug-likeness (QED) is 0.822. The molecular formula is C15H21NO2. The summed E-state index contributed by atoms with van der Waals surface area (Å²) in [6.07, 6.45) is 3.32. The second-order valence-electron chi connectivity index (χ2n) is 4.54. The lowest BCUT2D eigenvalue weighted by Crippen LogP contribution is -2.27. The van der Waals surface area contributed by atoms with Crippen molar-refractivity contribution in [1.82, 2.24) is 5.32 Å². The minimum Gasteiger partial charge on any atom is -0.410 e. The highest BCUT2D eigenvalue weighted by molar-refractivity contribution is 5.71. The molecule has 0 aliphatic rings. The molecule has 0 atom stereocenters. The molecule has 1 N–H and O–H groups in total. The Morgan fingerprint density at radius 3 is 2.78 bits per heavy atom. The van der Waals surface area contributed by atoms with E-state index in [4.69, 9.17) is 4.74 Å². The fourth-order valence-electron chi connectivity index (χ4n) is 1.61. The second-order valence-corrected chi connectivity index (χ2v) is 4.54. The van der Waals surface area contributed by atoms with Crippen molar-refractivity contribution in [3.8, 4) is 5.75 Å². The van der Waals surface area contributed by atoms with Gasteiger partial charge in [-0.3, -0.25) is 0 Å². The Balaban J connectivity index is 2.74. The lowest BCUT2D eigenvalue weighted by Gasteiger charge is -2.13. The minimum atomic E-state index is -0.418. The molecular weight excluding hydrogens is 226 g/mol. The lowest BCUT2D eigenvalue weighted by molar-refractivity contribution is 0.201. The Bertz CT molecular complexity index is 436. The highest BCUT2D eigenvalue weighted by Gasteiger charge is 2.11. The molecule has 0 unspecified atom stereocenters. The number of carbonyl (C=O) groups excluding carboxylic acids is 1. The number of rotatable bonds is 4. The van der Waals surface area contributed by atoms with Crippen LogP contribution in [0.25, 0.3) is 0 Å². The van der Waals surface area contributed by atoms with E-state index in [1.165, 1.54) is 5.56 Å². The van der Waals surface area contributed by atoms with Gasteiger partial charge in [0, 0.05) is 6.54 Å². The van der Waals surface area contributed by atoms with Gasteiger partial charge in [-0.15, -0.1) is 0 Å². The molecule has 0 aliphatic heterocycles. The van der Waals surface area contributed by atoms with Gasteiger partial charge in [0.15, 0.2) is 0 Å². The minimum absolute atomic E-state index is 0.322. The molecule has 0 heterocycles. The summed E-state index contributed by atoms with van der Waals surface area (Å²) in [4.78, 5) is 11.6. The van der Waals surface area contributed by atoms with Gasteiger partial charge in [-0.2, -0.15) is 0 Å². The second kappa shape index (κ2) is 6.84. The lowest BCUT2D eigenvalue weighted by atomic mass is 10.00. The summed E-state index contributed by atoms with van der Waals surface area (Å²) < 4.78 is 5.32. The Morgan fingerprint density at radius 1 is 1.44 bits per heavy atom. The van der Waals surface area contributed by atoms with Crippen molar-refractivity contribution >= 4 is 6.09 Å². The summed E-state index contributed by atoms with van der Waals surface area (Å²) in [6, 6.07) is 5.85. The topological polar surface area (TPSA) is 38.3 Å². The molecule has 98 valence electrons. The molecule has 0 aromatic heterocycles. The van der Waals surface area contributed by atoms with Gasteiger partial charge >= 0.3 is 6.09 Å². The number of hydrogen-bond acceptors (Lipinski definition) is 2. The first-order chi connectivity index (χ1) is 8.54. The number of benzene rings is 1. The molecule has 1 amide bonds. The number of carbonyl (C=O) groups is 1. The molecule has 1 aromatic carbocycles. The molecule has 0 saturated carbocycles. The van der Waals surface area contributed by atoms with E-state index in [1.54, 1.807) is 0 Å². The smallest absolute Gasteiger partial charge is 0.410 e. The third-order valence-electron chi connectivity index (χ3n) is 2.59. The summed E-state index contributed by atoms with van der Waals surface area (Å²) in [6.45, 7) is 8.59. The van der Waals surface area contributed by atoms with E-state index in [-0.39, 0.29) is 0 Å². The molecule has 0 aliphatic carbocycles. The highest BCUT2D eigenvalue weighted by atomic mass is 16.6. The van der Waals surface area contributed by atoms with Crippen molar-refractivity contribution < 1.29 is 9.53 Å². The van der Waals surface area contributed by atoms with Crippen LogP contribution in [0.2, 0.25) is 0 Å². The van der Waals surface area contributed by atoms with Gasteiger partial charge in [0.2, 0.25) is 0 Å². The fourth-order valence-corrected chi connectivity index (χ4v) is 1.61. The maximum absolute atomic E-state index is 11.6. The normalized spacial score (nSPS) is 10.9. The van der Waals surface area contributed by atoms with E-state index < -0.39 is 6.09 Å². The van der Waals surface area contributed by atoms with Crippen LogP contribution >= 0.6 is 0 Å². The number of nitrogens with one attached hydrogen (secondary N) is 1. The molecule has 0 radical (unpaired) electrons. The van der Waals surface area contributed by atoms with Gasteiger partial charge in [-0.25, -0.2) is 4.79 Å². The zero-order valence-corrected chi connectivity index (χ0v) is 11.5. The first kappa shape index (κ1) is 14.3. The van der Waals surface area contributed by atoms with Crippen molar-refractivity contribution in [2.24, 2.45) is 0 Å². The van der Waals surface area contributed by atoms with Crippen LogP contribution in [-0.2, 0) is 0 Å². The van der Waals surface area contributed by atoms with Crippen LogP contribution in [0.15, 0.2) is 30.4 Å². The van der Waals surface area contributed by atoms with Crippen LogP contribution in [0.1, 0.15) is 37.8 Å². The number of allylic oxidation sites excluding steroid dienone is 1. The van der Waals surface area contributed by atoms with Crippen LogP contribution < -0.4 is 10.1 Å². The predicted molar refractivity (Wildman–Crippen MR) is 74.1 cm³/mol. The summed E-state index contributed by atoms with van der Waals surface area (Å²) >= 11 is 0. The van der Waals surface area contributed by atoms with Gasteiger partial charge < -0.3 is 10.1 Å². The average molecular weight is 247 g/mol. The van der Waals surface area contributed by atoms with Gasteiger partial charge in [0.1, 0.15) is 5.75 Å². The molecule has 3 heteroatoms. The SMILES string of the molecule is C/C=C/CNC(=O)Oc1ccc(C)cc1C(C)C. The maximum atomic E-state index is 11.6. The van der Waals surface area contributed by atoms with E-state index in [2.05, 4.69) is 25.2 Å². The Morgan fingerprint density at radius 2 is 2.17 bits per heavy atom. The molecule has 3 nitrogen and oxygen atoms in total. The Hall–Kier alpha value is -1.77. The number of ether oxygens (including phenoxy) is 1. The molecule has 1 aromatic rings. The monoisotopic (exact) mass is 247 g/mol. The molecule has 18 heavy (non-hydrogen) atoms. The number of aryl methyl sites for hydroxylation is 1. The Labute approximate surface area is 109 Å². The van der Waals surface area contributed by atoms with Gasteiger partial charge in [0.25, 0.3) is 0 Å². The van der Waals surface area contributed by atoms with Gasteiger partial charge in [-0.05, 0) is 31.4 Å². The van der Waals surface area contributed by atoms with Crippen LogP contribution in [0.5, 0.6) is 5.75 Å². The van der Waals surface area contributed by atoms with Gasteiger partial charge in [0.05, 0.1) is 0 Å². The van der Waals surface area contributed by atoms with Crippen molar-refractivity contribution in [2.45, 2.75) is 33.6 Å². The summed E-state index contributed by atoms with van der Waals surface area (Å²) in [5, 5.41) is 2.66. The van der Waals surface area contributed by atoms with Crippen molar-refractivity contribution in [3.05, 3.63) is 41.5 Å². The average Bonchev–Trinajstić information content (AvgIpc) is 2.31. The van der Waals surface area contributed by atoms with Crippen LogP contribution in [0.4, 0.5) is 4.79 Å². The van der Waals surface area contributed by atoms with Crippen LogP contribution in [0, 0.1) is 6.92 Å². The molecule has 0 spiro atoms. The largest absolute Gasteiger partial charge is 0.412 e. The maximum Gasteiger partial charge on any atom is 0.412 e. The van der Waals surface area contributed by atoms with E-state index in [0.717, 1.165) is 5.56 Å². The van der Waals surface area contributed by atoms with E-state index >= 15 is 0 Å².